The Morgan fingerprint density at radius 3 is 2.40 bits per heavy atom. The number of aliphatic hydroxyl groups is 1. The number of nitrogens with zero attached hydrogens (tertiary/aromatic N) is 2. The molecule has 0 aliphatic rings. The Balaban J connectivity index is 2.50. The highest BCUT2D eigenvalue weighted by molar-refractivity contribution is 5.58. The van der Waals surface area contributed by atoms with E-state index in [0.29, 0.717) is 5.56 Å². The van der Waals surface area contributed by atoms with Crippen LogP contribution in [0.1, 0.15) is 24.3 Å². The molecule has 1 unspecified atom stereocenters. The van der Waals surface area contributed by atoms with Gasteiger partial charge in [0, 0.05) is 13.2 Å². The third-order valence-corrected chi connectivity index (χ3v) is 2.88. The minimum atomic E-state index is -4.58. The molecule has 0 fully saturated rings. The van der Waals surface area contributed by atoms with E-state index in [9.17, 15) is 22.7 Å². The monoisotopic (exact) mass is 288 g/mol. The van der Waals surface area contributed by atoms with Crippen molar-refractivity contribution in [3.8, 4) is 11.4 Å². The summed E-state index contributed by atoms with van der Waals surface area (Å²) in [5.41, 5.74) is -0.780. The Bertz CT molecular complexity index is 632. The van der Waals surface area contributed by atoms with Crippen molar-refractivity contribution in [2.45, 2.75) is 19.2 Å². The lowest BCUT2D eigenvalue weighted by Crippen LogP contribution is -2.05. The molecule has 2 rings (SSSR count). The molecule has 0 saturated carbocycles. The molecule has 1 heterocycles. The number of hydrogen-bond donors (Lipinski definition) is 1. The molecule has 0 bridgehead atoms. The van der Waals surface area contributed by atoms with Crippen LogP contribution in [0.15, 0.2) is 24.4 Å². The fourth-order valence-corrected chi connectivity index (χ4v) is 1.83. The Morgan fingerprint density at radius 1 is 1.30 bits per heavy atom. The minimum Gasteiger partial charge on any atom is -0.389 e. The van der Waals surface area contributed by atoms with Gasteiger partial charge in [0.15, 0.2) is 5.69 Å². The molecular formula is C13H12F4N2O. The summed E-state index contributed by atoms with van der Waals surface area (Å²) in [5.74, 6) is -0.849. The van der Waals surface area contributed by atoms with Gasteiger partial charge < -0.3 is 9.67 Å². The van der Waals surface area contributed by atoms with E-state index < -0.39 is 23.8 Å². The molecule has 0 spiro atoms. The summed E-state index contributed by atoms with van der Waals surface area (Å²) in [7, 11) is 1.36. The van der Waals surface area contributed by atoms with Crippen molar-refractivity contribution >= 4 is 0 Å². The van der Waals surface area contributed by atoms with Crippen molar-refractivity contribution in [3.05, 3.63) is 41.5 Å². The number of benzene rings is 1. The predicted molar refractivity (Wildman–Crippen MR) is 64.2 cm³/mol. The largest absolute Gasteiger partial charge is 0.434 e. The summed E-state index contributed by atoms with van der Waals surface area (Å²) < 4.78 is 52.7. The first-order valence-corrected chi connectivity index (χ1v) is 5.78. The van der Waals surface area contributed by atoms with Gasteiger partial charge >= 0.3 is 6.18 Å². The van der Waals surface area contributed by atoms with Crippen LogP contribution in [0.5, 0.6) is 0 Å². The predicted octanol–water partition coefficient (Wildman–Crippen LogP) is 3.30. The van der Waals surface area contributed by atoms with E-state index in [0.717, 1.165) is 16.8 Å². The lowest BCUT2D eigenvalue weighted by Gasteiger charge is -2.08. The van der Waals surface area contributed by atoms with Crippen molar-refractivity contribution in [1.29, 1.82) is 0 Å². The van der Waals surface area contributed by atoms with E-state index in [4.69, 9.17) is 0 Å². The van der Waals surface area contributed by atoms with Gasteiger partial charge in [-0.25, -0.2) is 9.37 Å². The van der Waals surface area contributed by atoms with E-state index in [1.54, 1.807) is 0 Å². The molecule has 1 atom stereocenters. The summed E-state index contributed by atoms with van der Waals surface area (Å²) in [6.45, 7) is 1.47. The van der Waals surface area contributed by atoms with Crippen LogP contribution in [0.4, 0.5) is 17.6 Å². The number of aromatic nitrogens is 2. The summed E-state index contributed by atoms with van der Waals surface area (Å²) in [6.07, 6.45) is -4.63. The highest BCUT2D eigenvalue weighted by Gasteiger charge is 2.34. The fraction of sp³-hybridized carbons (Fsp3) is 0.308. The first-order chi connectivity index (χ1) is 9.20. The second-order valence-electron chi connectivity index (χ2n) is 4.47. The first-order valence-electron chi connectivity index (χ1n) is 5.78. The maximum absolute atomic E-state index is 13.9. The van der Waals surface area contributed by atoms with Gasteiger partial charge in [-0.2, -0.15) is 13.2 Å². The summed E-state index contributed by atoms with van der Waals surface area (Å²) in [6, 6.07) is 3.84. The van der Waals surface area contributed by atoms with E-state index >= 15 is 0 Å². The highest BCUT2D eigenvalue weighted by Crippen LogP contribution is 2.31. The van der Waals surface area contributed by atoms with Crippen molar-refractivity contribution in [1.82, 2.24) is 9.55 Å². The van der Waals surface area contributed by atoms with E-state index in [2.05, 4.69) is 4.98 Å². The number of alkyl halides is 3. The molecule has 3 nitrogen and oxygen atoms in total. The molecule has 20 heavy (non-hydrogen) atoms. The van der Waals surface area contributed by atoms with Crippen LogP contribution in [0.25, 0.3) is 11.4 Å². The van der Waals surface area contributed by atoms with Crippen LogP contribution in [0.2, 0.25) is 0 Å². The van der Waals surface area contributed by atoms with Crippen molar-refractivity contribution < 1.29 is 22.7 Å². The number of hydrogen-bond acceptors (Lipinski definition) is 2. The smallest absolute Gasteiger partial charge is 0.389 e. The molecule has 0 aliphatic carbocycles. The van der Waals surface area contributed by atoms with Crippen LogP contribution in [0.3, 0.4) is 0 Å². The summed E-state index contributed by atoms with van der Waals surface area (Å²) >= 11 is 0. The molecule has 2 aromatic rings. The topological polar surface area (TPSA) is 38.1 Å². The molecule has 1 aromatic heterocycles. The van der Waals surface area contributed by atoms with E-state index in [-0.39, 0.29) is 11.4 Å². The number of halogens is 4. The van der Waals surface area contributed by atoms with Crippen LogP contribution in [0, 0.1) is 5.82 Å². The second kappa shape index (κ2) is 4.90. The number of aliphatic hydroxyl groups excluding tert-OH is 1. The zero-order valence-electron chi connectivity index (χ0n) is 10.7. The highest BCUT2D eigenvalue weighted by atomic mass is 19.4. The van der Waals surface area contributed by atoms with Crippen molar-refractivity contribution in [2.24, 2.45) is 7.05 Å². The molecule has 0 radical (unpaired) electrons. The fourth-order valence-electron chi connectivity index (χ4n) is 1.83. The Kier molecular flexibility index (Phi) is 3.56. The molecule has 1 aromatic carbocycles. The van der Waals surface area contributed by atoms with E-state index in [1.807, 2.05) is 0 Å². The maximum atomic E-state index is 13.9. The number of aryl methyl sites for hydroxylation is 1. The lowest BCUT2D eigenvalue weighted by atomic mass is 10.1. The van der Waals surface area contributed by atoms with Crippen molar-refractivity contribution in [2.75, 3.05) is 0 Å². The second-order valence-corrected chi connectivity index (χ2v) is 4.47. The third kappa shape index (κ3) is 2.67. The molecule has 0 amide bonds. The first kappa shape index (κ1) is 14.5. The molecule has 0 aliphatic heterocycles. The van der Waals surface area contributed by atoms with Gasteiger partial charge in [-0.3, -0.25) is 0 Å². The Hall–Kier alpha value is -1.89. The number of imidazole rings is 1. The van der Waals surface area contributed by atoms with Crippen LogP contribution in [-0.4, -0.2) is 14.7 Å². The SMILES string of the molecule is CC(O)c1ccc(-c2nc(C(F)(F)F)cn2C)c(F)c1. The average Bonchev–Trinajstić information content (AvgIpc) is 2.71. The Morgan fingerprint density at radius 2 is 1.95 bits per heavy atom. The minimum absolute atomic E-state index is 0.0487. The summed E-state index contributed by atoms with van der Waals surface area (Å²) in [4.78, 5) is 3.42. The zero-order valence-corrected chi connectivity index (χ0v) is 10.7. The van der Waals surface area contributed by atoms with Gasteiger partial charge in [0.05, 0.1) is 11.7 Å². The van der Waals surface area contributed by atoms with E-state index in [1.165, 1.54) is 26.1 Å². The van der Waals surface area contributed by atoms with Gasteiger partial charge in [-0.05, 0) is 24.6 Å². The van der Waals surface area contributed by atoms with Gasteiger partial charge in [0.2, 0.25) is 0 Å². The molecule has 7 heteroatoms. The maximum Gasteiger partial charge on any atom is 0.434 e. The number of rotatable bonds is 2. The van der Waals surface area contributed by atoms with Crippen LogP contribution >= 0.6 is 0 Å². The van der Waals surface area contributed by atoms with Crippen molar-refractivity contribution in [3.63, 3.8) is 0 Å². The normalized spacial score (nSPS) is 13.6. The van der Waals surface area contributed by atoms with Gasteiger partial charge in [-0.1, -0.05) is 6.07 Å². The zero-order chi connectivity index (χ0) is 15.1. The average molecular weight is 288 g/mol. The molecule has 108 valence electrons. The lowest BCUT2D eigenvalue weighted by molar-refractivity contribution is -0.140. The van der Waals surface area contributed by atoms with Gasteiger partial charge in [0.25, 0.3) is 0 Å². The summed E-state index contributed by atoms with van der Waals surface area (Å²) in [5, 5.41) is 9.34. The molecule has 0 saturated heterocycles. The van der Waals surface area contributed by atoms with Crippen LogP contribution < -0.4 is 0 Å². The van der Waals surface area contributed by atoms with Gasteiger partial charge in [0.1, 0.15) is 11.6 Å². The Labute approximate surface area is 112 Å². The van der Waals surface area contributed by atoms with Crippen LogP contribution in [-0.2, 0) is 13.2 Å². The quantitative estimate of drug-likeness (QED) is 0.861. The third-order valence-electron chi connectivity index (χ3n) is 2.88. The van der Waals surface area contributed by atoms with Gasteiger partial charge in [-0.15, -0.1) is 0 Å². The molecule has 1 N–H and O–H groups in total. The standard InChI is InChI=1S/C13H12F4N2O/c1-7(20)8-3-4-9(10(14)5-8)12-18-11(6-19(12)2)13(15,16)17/h3-7,20H,1-2H3. The molecular weight excluding hydrogens is 276 g/mol.